The van der Waals surface area contributed by atoms with E-state index in [4.69, 9.17) is 5.11 Å². The van der Waals surface area contributed by atoms with Gasteiger partial charge in [-0.1, -0.05) is 12.1 Å². The maximum atomic E-state index is 13.0. The average Bonchev–Trinajstić information content (AvgIpc) is 2.59. The molecule has 0 radical (unpaired) electrons. The van der Waals surface area contributed by atoms with E-state index in [2.05, 4.69) is 4.98 Å². The number of nitrogens with zero attached hydrogens (tertiary/aromatic N) is 2. The van der Waals surface area contributed by atoms with Crippen molar-refractivity contribution in [1.29, 1.82) is 0 Å². The van der Waals surface area contributed by atoms with Crippen molar-refractivity contribution < 1.29 is 14.7 Å². The summed E-state index contributed by atoms with van der Waals surface area (Å²) in [4.78, 5) is 30.2. The van der Waals surface area contributed by atoms with Crippen LogP contribution in [0.15, 0.2) is 24.3 Å². The Kier molecular flexibility index (Phi) is 5.02. The van der Waals surface area contributed by atoms with Gasteiger partial charge in [-0.05, 0) is 56.7 Å². The molecule has 1 amide bonds. The van der Waals surface area contributed by atoms with E-state index in [1.54, 1.807) is 0 Å². The van der Waals surface area contributed by atoms with Crippen LogP contribution in [0, 0.1) is 19.8 Å². The fourth-order valence-electron chi connectivity index (χ4n) is 3.57. The summed E-state index contributed by atoms with van der Waals surface area (Å²) in [6.45, 7) is 5.27. The van der Waals surface area contributed by atoms with Crippen LogP contribution >= 0.6 is 0 Å². The van der Waals surface area contributed by atoms with Gasteiger partial charge in [-0.3, -0.25) is 14.6 Å². The van der Waals surface area contributed by atoms with Crippen LogP contribution in [0.3, 0.4) is 0 Å². The quantitative estimate of drug-likeness (QED) is 0.924. The molecule has 1 aliphatic rings. The second-order valence-corrected chi connectivity index (χ2v) is 7.01. The number of fused-ring (bicyclic) bond motifs is 1. The number of hydrogen-bond acceptors (Lipinski definition) is 3. The topological polar surface area (TPSA) is 70.5 Å². The first-order valence-corrected chi connectivity index (χ1v) is 8.83. The monoisotopic (exact) mass is 340 g/mol. The van der Waals surface area contributed by atoms with E-state index < -0.39 is 5.97 Å². The van der Waals surface area contributed by atoms with Gasteiger partial charge in [0.05, 0.1) is 16.8 Å². The highest BCUT2D eigenvalue weighted by molar-refractivity contribution is 5.98. The van der Waals surface area contributed by atoms with E-state index in [0.29, 0.717) is 18.5 Å². The largest absolute Gasteiger partial charge is 0.481 e. The van der Waals surface area contributed by atoms with Gasteiger partial charge in [-0.2, -0.15) is 0 Å². The number of benzene rings is 1. The van der Waals surface area contributed by atoms with Crippen molar-refractivity contribution in [2.75, 3.05) is 13.1 Å². The van der Waals surface area contributed by atoms with Crippen LogP contribution in [0.5, 0.6) is 0 Å². The summed E-state index contributed by atoms with van der Waals surface area (Å²) in [5, 5.41) is 9.84. The van der Waals surface area contributed by atoms with Crippen LogP contribution in [0.1, 0.15) is 47.3 Å². The zero-order chi connectivity index (χ0) is 18.0. The highest BCUT2D eigenvalue weighted by atomic mass is 16.4. The van der Waals surface area contributed by atoms with Gasteiger partial charge in [-0.25, -0.2) is 0 Å². The van der Waals surface area contributed by atoms with Crippen molar-refractivity contribution >= 4 is 22.8 Å². The molecule has 1 saturated heterocycles. The van der Waals surface area contributed by atoms with Gasteiger partial charge < -0.3 is 10.0 Å². The van der Waals surface area contributed by atoms with Crippen molar-refractivity contribution in [2.24, 2.45) is 5.92 Å². The predicted octanol–water partition coefficient (Wildman–Crippen LogP) is 3.57. The summed E-state index contributed by atoms with van der Waals surface area (Å²) < 4.78 is 0. The van der Waals surface area contributed by atoms with Crippen molar-refractivity contribution in [3.8, 4) is 0 Å². The van der Waals surface area contributed by atoms with E-state index in [1.807, 2.05) is 43.0 Å². The summed E-state index contributed by atoms with van der Waals surface area (Å²) in [5.74, 6) is -0.494. The molecular formula is C20H24N2O3. The van der Waals surface area contributed by atoms with Crippen LogP contribution in [0.2, 0.25) is 0 Å². The van der Waals surface area contributed by atoms with E-state index >= 15 is 0 Å². The second kappa shape index (κ2) is 7.21. The average molecular weight is 340 g/mol. The minimum atomic E-state index is -0.770. The minimum Gasteiger partial charge on any atom is -0.481 e. The number of carboxylic acids is 1. The molecule has 2 heterocycles. The molecule has 1 atom stereocenters. The molecule has 1 N–H and O–H groups in total. The zero-order valence-electron chi connectivity index (χ0n) is 14.8. The second-order valence-electron chi connectivity index (χ2n) is 7.01. The van der Waals surface area contributed by atoms with Gasteiger partial charge in [0.15, 0.2) is 0 Å². The number of pyridine rings is 1. The Labute approximate surface area is 147 Å². The molecule has 5 heteroatoms. The molecule has 0 spiro atoms. The molecule has 0 unspecified atom stereocenters. The predicted molar refractivity (Wildman–Crippen MR) is 96.7 cm³/mol. The highest BCUT2D eigenvalue weighted by Gasteiger charge is 2.26. The first-order chi connectivity index (χ1) is 11.9. The van der Waals surface area contributed by atoms with E-state index in [1.165, 1.54) is 0 Å². The number of aliphatic carboxylic acids is 1. The number of piperidine rings is 1. The maximum absolute atomic E-state index is 13.0. The normalized spacial score (nSPS) is 17.7. The van der Waals surface area contributed by atoms with Crippen LogP contribution in [0.4, 0.5) is 0 Å². The molecule has 25 heavy (non-hydrogen) atoms. The zero-order valence-corrected chi connectivity index (χ0v) is 14.8. The van der Waals surface area contributed by atoms with Crippen LogP contribution in [-0.4, -0.2) is 40.0 Å². The number of carbonyl (C=O) groups is 2. The Hall–Kier alpha value is -2.43. The molecule has 1 aromatic carbocycles. The molecule has 3 rings (SSSR count). The first kappa shape index (κ1) is 17.4. The van der Waals surface area contributed by atoms with Crippen molar-refractivity contribution in [3.63, 3.8) is 0 Å². The maximum Gasteiger partial charge on any atom is 0.303 e. The summed E-state index contributed by atoms with van der Waals surface area (Å²) in [6.07, 6.45) is 2.72. The van der Waals surface area contributed by atoms with Gasteiger partial charge in [0.1, 0.15) is 0 Å². The molecular weight excluding hydrogens is 316 g/mol. The summed E-state index contributed by atoms with van der Waals surface area (Å²) in [5.41, 5.74) is 3.45. The Balaban J connectivity index is 1.80. The lowest BCUT2D eigenvalue weighted by Crippen LogP contribution is -2.40. The van der Waals surface area contributed by atoms with Crippen molar-refractivity contribution in [1.82, 2.24) is 9.88 Å². The number of carboxylic acid groups (broad SMARTS) is 1. The molecule has 132 valence electrons. The first-order valence-electron chi connectivity index (χ1n) is 8.83. The number of carbonyl (C=O) groups excluding carboxylic acids is 1. The van der Waals surface area contributed by atoms with Gasteiger partial charge in [0, 0.05) is 24.9 Å². The number of hydrogen-bond donors (Lipinski definition) is 1. The molecule has 0 saturated carbocycles. The number of amides is 1. The number of likely N-dealkylation sites (tertiary alicyclic amines) is 1. The van der Waals surface area contributed by atoms with Gasteiger partial charge in [-0.15, -0.1) is 0 Å². The molecule has 1 aromatic heterocycles. The van der Waals surface area contributed by atoms with Crippen molar-refractivity contribution in [2.45, 2.75) is 39.5 Å². The third-order valence-corrected chi connectivity index (χ3v) is 4.97. The molecule has 1 fully saturated rings. The summed E-state index contributed by atoms with van der Waals surface area (Å²) in [7, 11) is 0. The fourth-order valence-corrected chi connectivity index (χ4v) is 3.57. The van der Waals surface area contributed by atoms with Crippen LogP contribution < -0.4 is 0 Å². The molecule has 2 aromatic rings. The smallest absolute Gasteiger partial charge is 0.303 e. The standard InChI is InChI=1S/C20H24N2O3/c1-13-5-7-16-11-17(14(2)21-18(16)10-13)20(25)22-9-3-4-15(12-22)6-8-19(23)24/h5,7,10-11,15H,3-4,6,8-9,12H2,1-2H3,(H,23,24)/t15-/m0/s1. The summed E-state index contributed by atoms with van der Waals surface area (Å²) in [6, 6.07) is 7.98. The van der Waals surface area contributed by atoms with E-state index in [0.717, 1.165) is 41.5 Å². The van der Waals surface area contributed by atoms with Crippen LogP contribution in [0.25, 0.3) is 10.9 Å². The number of aryl methyl sites for hydroxylation is 2. The molecule has 5 nitrogen and oxygen atoms in total. The number of aromatic nitrogens is 1. The van der Waals surface area contributed by atoms with Gasteiger partial charge in [0.2, 0.25) is 0 Å². The van der Waals surface area contributed by atoms with Gasteiger partial charge in [0.25, 0.3) is 5.91 Å². The lowest BCUT2D eigenvalue weighted by atomic mass is 9.93. The van der Waals surface area contributed by atoms with E-state index in [9.17, 15) is 9.59 Å². The van der Waals surface area contributed by atoms with Crippen LogP contribution in [-0.2, 0) is 4.79 Å². The Morgan fingerprint density at radius 3 is 2.84 bits per heavy atom. The Bertz CT molecular complexity index is 816. The third kappa shape index (κ3) is 3.98. The minimum absolute atomic E-state index is 0.00694. The Morgan fingerprint density at radius 1 is 1.28 bits per heavy atom. The van der Waals surface area contributed by atoms with E-state index in [-0.39, 0.29) is 18.2 Å². The highest BCUT2D eigenvalue weighted by Crippen LogP contribution is 2.24. The lowest BCUT2D eigenvalue weighted by molar-refractivity contribution is -0.137. The Morgan fingerprint density at radius 2 is 2.08 bits per heavy atom. The van der Waals surface area contributed by atoms with Gasteiger partial charge >= 0.3 is 5.97 Å². The number of rotatable bonds is 4. The third-order valence-electron chi connectivity index (χ3n) is 4.97. The molecule has 1 aliphatic heterocycles. The fraction of sp³-hybridized carbons (Fsp3) is 0.450. The van der Waals surface area contributed by atoms with Crippen molar-refractivity contribution in [3.05, 3.63) is 41.1 Å². The summed E-state index contributed by atoms with van der Waals surface area (Å²) >= 11 is 0. The lowest BCUT2D eigenvalue weighted by Gasteiger charge is -2.33. The SMILES string of the molecule is Cc1ccc2cc(C(=O)N3CCC[C@@H](CCC(=O)O)C3)c(C)nc2c1. The molecule has 0 bridgehead atoms. The molecule has 0 aliphatic carbocycles.